The van der Waals surface area contributed by atoms with Crippen molar-refractivity contribution in [2.45, 2.75) is 13.3 Å². The fourth-order valence-corrected chi connectivity index (χ4v) is 3.70. The third-order valence-corrected chi connectivity index (χ3v) is 5.43. The zero-order chi connectivity index (χ0) is 20.9. The summed E-state index contributed by atoms with van der Waals surface area (Å²) in [5.74, 6) is 1.84. The number of amides is 1. The van der Waals surface area contributed by atoms with Crippen molar-refractivity contribution in [1.82, 2.24) is 15.1 Å². The van der Waals surface area contributed by atoms with Gasteiger partial charge in [-0.3, -0.25) is 4.79 Å². The molecule has 154 valence electrons. The van der Waals surface area contributed by atoms with E-state index in [9.17, 15) is 4.79 Å². The maximum Gasteiger partial charge on any atom is 0.227 e. The van der Waals surface area contributed by atoms with E-state index in [1.165, 1.54) is 5.56 Å². The van der Waals surface area contributed by atoms with Crippen molar-refractivity contribution in [3.63, 3.8) is 0 Å². The van der Waals surface area contributed by atoms with Crippen LogP contribution in [0.1, 0.15) is 11.1 Å². The summed E-state index contributed by atoms with van der Waals surface area (Å²) in [4.78, 5) is 16.8. The molecule has 2 heterocycles. The lowest BCUT2D eigenvalue weighted by molar-refractivity contribution is -0.130. The van der Waals surface area contributed by atoms with E-state index < -0.39 is 0 Å². The van der Waals surface area contributed by atoms with Crippen LogP contribution >= 0.6 is 0 Å². The minimum absolute atomic E-state index is 0.182. The van der Waals surface area contributed by atoms with Crippen LogP contribution in [-0.4, -0.2) is 54.3 Å². The Bertz CT molecular complexity index is 994. The summed E-state index contributed by atoms with van der Waals surface area (Å²) in [5, 5.41) is 8.79. The van der Waals surface area contributed by atoms with E-state index >= 15 is 0 Å². The minimum atomic E-state index is 0.182. The van der Waals surface area contributed by atoms with Crippen molar-refractivity contribution in [2.24, 2.45) is 0 Å². The van der Waals surface area contributed by atoms with Crippen LogP contribution in [0, 0.1) is 6.92 Å². The third-order valence-electron chi connectivity index (χ3n) is 5.43. The molecule has 0 spiro atoms. The third kappa shape index (κ3) is 4.59. The molecule has 0 unspecified atom stereocenters. The predicted octanol–water partition coefficient (Wildman–Crippen LogP) is 3.35. The highest BCUT2D eigenvalue weighted by molar-refractivity contribution is 5.79. The van der Waals surface area contributed by atoms with E-state index in [1.807, 2.05) is 66.4 Å². The normalized spacial score (nSPS) is 13.9. The molecule has 0 saturated carbocycles. The highest BCUT2D eigenvalue weighted by atomic mass is 16.5. The largest absolute Gasteiger partial charge is 0.497 e. The van der Waals surface area contributed by atoms with Crippen LogP contribution in [-0.2, 0) is 11.2 Å². The zero-order valence-electron chi connectivity index (χ0n) is 17.4. The van der Waals surface area contributed by atoms with Crippen molar-refractivity contribution < 1.29 is 9.53 Å². The fraction of sp³-hybridized carbons (Fsp3) is 0.292. The Balaban J connectivity index is 1.34. The fourth-order valence-electron chi connectivity index (χ4n) is 3.70. The first-order chi connectivity index (χ1) is 14.6. The molecular weight excluding hydrogens is 376 g/mol. The number of hydrogen-bond acceptors (Lipinski definition) is 5. The molecule has 6 heteroatoms. The number of piperazine rings is 1. The predicted molar refractivity (Wildman–Crippen MR) is 118 cm³/mol. The second-order valence-corrected chi connectivity index (χ2v) is 7.54. The van der Waals surface area contributed by atoms with Crippen molar-refractivity contribution in [3.8, 4) is 17.0 Å². The van der Waals surface area contributed by atoms with Gasteiger partial charge in [0.1, 0.15) is 5.75 Å². The van der Waals surface area contributed by atoms with Gasteiger partial charge in [-0.25, -0.2) is 0 Å². The number of carbonyl (C=O) groups excluding carboxylic acids is 1. The Hall–Kier alpha value is -3.41. The number of carbonyl (C=O) groups is 1. The van der Waals surface area contributed by atoms with Crippen LogP contribution < -0.4 is 9.64 Å². The average molecular weight is 402 g/mol. The molecule has 1 fully saturated rings. The highest BCUT2D eigenvalue weighted by Gasteiger charge is 2.22. The molecule has 3 aromatic rings. The van der Waals surface area contributed by atoms with Gasteiger partial charge in [-0.05, 0) is 48.9 Å². The number of benzene rings is 2. The Morgan fingerprint density at radius 1 is 0.967 bits per heavy atom. The number of aryl methyl sites for hydroxylation is 1. The summed E-state index contributed by atoms with van der Waals surface area (Å²) in [5.41, 5.74) is 4.08. The van der Waals surface area contributed by atoms with E-state index in [2.05, 4.69) is 21.2 Å². The Kier molecular flexibility index (Phi) is 5.93. The van der Waals surface area contributed by atoms with Gasteiger partial charge in [-0.2, -0.15) is 0 Å². The van der Waals surface area contributed by atoms with Gasteiger partial charge in [0.15, 0.2) is 5.82 Å². The van der Waals surface area contributed by atoms with Gasteiger partial charge < -0.3 is 14.5 Å². The number of ether oxygens (including phenoxy) is 1. The molecule has 2 aromatic carbocycles. The van der Waals surface area contributed by atoms with Crippen LogP contribution in [0.5, 0.6) is 5.75 Å². The number of nitrogens with zero attached hydrogens (tertiary/aromatic N) is 4. The van der Waals surface area contributed by atoms with E-state index in [0.717, 1.165) is 41.5 Å². The van der Waals surface area contributed by atoms with E-state index in [-0.39, 0.29) is 5.91 Å². The molecular formula is C24H26N4O2. The monoisotopic (exact) mass is 402 g/mol. The molecule has 0 bridgehead atoms. The van der Waals surface area contributed by atoms with Gasteiger partial charge >= 0.3 is 0 Å². The van der Waals surface area contributed by atoms with Crippen molar-refractivity contribution in [3.05, 3.63) is 71.8 Å². The summed E-state index contributed by atoms with van der Waals surface area (Å²) in [6.45, 7) is 4.97. The molecule has 4 rings (SSSR count). The molecule has 1 aliphatic rings. The van der Waals surface area contributed by atoms with Gasteiger partial charge in [0, 0.05) is 31.7 Å². The van der Waals surface area contributed by atoms with E-state index in [1.54, 1.807) is 7.11 Å². The number of methoxy groups -OCH3 is 1. The first kappa shape index (κ1) is 19.9. The minimum Gasteiger partial charge on any atom is -0.497 e. The summed E-state index contributed by atoms with van der Waals surface area (Å²) in [6.07, 6.45) is 0.456. The standard InChI is InChI=1S/C24H26N4O2/c1-18-4-3-5-19(16-18)17-24(29)28-14-12-27(13-15-28)23-11-10-22(25-26-23)20-6-8-21(30-2)9-7-20/h3-11,16H,12-15,17H2,1-2H3. The molecule has 1 amide bonds. The Morgan fingerprint density at radius 3 is 2.37 bits per heavy atom. The lowest BCUT2D eigenvalue weighted by atomic mass is 10.1. The smallest absolute Gasteiger partial charge is 0.227 e. The van der Waals surface area contributed by atoms with E-state index in [0.29, 0.717) is 19.5 Å². The number of rotatable bonds is 5. The summed E-state index contributed by atoms with van der Waals surface area (Å²) < 4.78 is 5.20. The van der Waals surface area contributed by atoms with Gasteiger partial charge in [0.05, 0.1) is 19.2 Å². The topological polar surface area (TPSA) is 58.6 Å². The van der Waals surface area contributed by atoms with Crippen molar-refractivity contribution in [2.75, 3.05) is 38.2 Å². The van der Waals surface area contributed by atoms with Crippen LogP contribution in [0.4, 0.5) is 5.82 Å². The molecule has 0 N–H and O–H groups in total. The maximum atomic E-state index is 12.6. The van der Waals surface area contributed by atoms with Crippen LogP contribution in [0.15, 0.2) is 60.7 Å². The van der Waals surface area contributed by atoms with Gasteiger partial charge in [0.25, 0.3) is 0 Å². The van der Waals surface area contributed by atoms with Crippen molar-refractivity contribution in [1.29, 1.82) is 0 Å². The average Bonchev–Trinajstić information content (AvgIpc) is 2.79. The first-order valence-electron chi connectivity index (χ1n) is 10.2. The second-order valence-electron chi connectivity index (χ2n) is 7.54. The van der Waals surface area contributed by atoms with E-state index in [4.69, 9.17) is 4.74 Å². The summed E-state index contributed by atoms with van der Waals surface area (Å²) in [7, 11) is 1.65. The first-order valence-corrected chi connectivity index (χ1v) is 10.2. The number of aromatic nitrogens is 2. The number of anilines is 1. The lowest BCUT2D eigenvalue weighted by Gasteiger charge is -2.35. The molecule has 1 saturated heterocycles. The van der Waals surface area contributed by atoms with Gasteiger partial charge in [-0.15, -0.1) is 10.2 Å². The molecule has 1 aromatic heterocycles. The molecule has 0 radical (unpaired) electrons. The van der Waals surface area contributed by atoms with Crippen molar-refractivity contribution >= 4 is 11.7 Å². The second kappa shape index (κ2) is 8.95. The van der Waals surface area contributed by atoms with Crippen LogP contribution in [0.3, 0.4) is 0 Å². The molecule has 1 aliphatic heterocycles. The molecule has 0 atom stereocenters. The SMILES string of the molecule is COc1ccc(-c2ccc(N3CCN(C(=O)Cc4cccc(C)c4)CC3)nn2)cc1. The Labute approximate surface area is 177 Å². The van der Waals surface area contributed by atoms with Crippen LogP contribution in [0.25, 0.3) is 11.3 Å². The Morgan fingerprint density at radius 2 is 1.73 bits per heavy atom. The zero-order valence-corrected chi connectivity index (χ0v) is 17.4. The molecule has 30 heavy (non-hydrogen) atoms. The summed E-state index contributed by atoms with van der Waals surface area (Å²) >= 11 is 0. The maximum absolute atomic E-state index is 12.6. The molecule has 6 nitrogen and oxygen atoms in total. The summed E-state index contributed by atoms with van der Waals surface area (Å²) in [6, 6.07) is 19.9. The van der Waals surface area contributed by atoms with Crippen LogP contribution in [0.2, 0.25) is 0 Å². The quantitative estimate of drug-likeness (QED) is 0.655. The van der Waals surface area contributed by atoms with Gasteiger partial charge in [-0.1, -0.05) is 29.8 Å². The van der Waals surface area contributed by atoms with Gasteiger partial charge in [0.2, 0.25) is 5.91 Å². The number of hydrogen-bond donors (Lipinski definition) is 0. The lowest BCUT2D eigenvalue weighted by Crippen LogP contribution is -2.49. The highest BCUT2D eigenvalue weighted by Crippen LogP contribution is 2.22. The molecule has 0 aliphatic carbocycles.